The number of nitrogens with zero attached hydrogens (tertiary/aromatic N) is 1. The van der Waals surface area contributed by atoms with Gasteiger partial charge in [-0.15, -0.1) is 0 Å². The number of carboxylic acids is 1. The molecule has 2 aromatic carbocycles. The number of ether oxygens (including phenoxy) is 1. The van der Waals surface area contributed by atoms with Crippen LogP contribution in [-0.2, 0) is 14.3 Å². The predicted octanol–water partition coefficient (Wildman–Crippen LogP) is 4.41. The SMILES string of the molecule is C[C@@H]1[C@H](C(=O)O)CCCN1C(=O)CC1CC(NC(=O)OCC2c3ccccc3-c3ccccc32)C1. The van der Waals surface area contributed by atoms with Gasteiger partial charge in [-0.05, 0) is 60.8 Å². The van der Waals surface area contributed by atoms with Crippen LogP contribution in [-0.4, -0.2) is 53.2 Å². The average Bonchev–Trinajstić information content (AvgIpc) is 3.15. The Morgan fingerprint density at radius 1 is 1.03 bits per heavy atom. The summed E-state index contributed by atoms with van der Waals surface area (Å²) in [7, 11) is 0. The van der Waals surface area contributed by atoms with E-state index in [9.17, 15) is 19.5 Å². The van der Waals surface area contributed by atoms with Gasteiger partial charge in [-0.2, -0.15) is 0 Å². The number of nitrogens with one attached hydrogen (secondary N) is 1. The first-order valence-corrected chi connectivity index (χ1v) is 12.6. The Morgan fingerprint density at radius 3 is 2.29 bits per heavy atom. The number of carbonyl (C=O) groups is 3. The number of benzene rings is 2. The van der Waals surface area contributed by atoms with E-state index in [2.05, 4.69) is 29.6 Å². The minimum atomic E-state index is -0.828. The highest BCUT2D eigenvalue weighted by molar-refractivity contribution is 5.80. The highest BCUT2D eigenvalue weighted by Gasteiger charge is 2.38. The van der Waals surface area contributed by atoms with Crippen molar-refractivity contribution >= 4 is 18.0 Å². The van der Waals surface area contributed by atoms with E-state index >= 15 is 0 Å². The third-order valence-corrected chi connectivity index (χ3v) is 7.99. The second-order valence-corrected chi connectivity index (χ2v) is 10.1. The van der Waals surface area contributed by atoms with Gasteiger partial charge in [-0.25, -0.2) is 4.79 Å². The summed E-state index contributed by atoms with van der Waals surface area (Å²) in [6.07, 6.45) is 2.80. The second kappa shape index (κ2) is 9.72. The Balaban J connectivity index is 1.08. The molecule has 7 heteroatoms. The first kappa shape index (κ1) is 23.4. The minimum absolute atomic E-state index is 0.00833. The summed E-state index contributed by atoms with van der Waals surface area (Å²) in [4.78, 5) is 38.4. The molecule has 1 aliphatic heterocycles. The molecule has 35 heavy (non-hydrogen) atoms. The smallest absolute Gasteiger partial charge is 0.407 e. The van der Waals surface area contributed by atoms with Crippen LogP contribution in [0.4, 0.5) is 4.79 Å². The molecule has 5 rings (SSSR count). The number of likely N-dealkylation sites (tertiary alicyclic amines) is 1. The number of hydrogen-bond donors (Lipinski definition) is 2. The van der Waals surface area contributed by atoms with Crippen molar-refractivity contribution in [3.63, 3.8) is 0 Å². The Bertz CT molecular complexity index is 1080. The number of hydrogen-bond acceptors (Lipinski definition) is 4. The van der Waals surface area contributed by atoms with Crippen LogP contribution in [0.3, 0.4) is 0 Å². The molecule has 1 saturated heterocycles. The molecule has 2 fully saturated rings. The van der Waals surface area contributed by atoms with Crippen LogP contribution >= 0.6 is 0 Å². The van der Waals surface area contributed by atoms with E-state index in [4.69, 9.17) is 4.74 Å². The third-order valence-electron chi connectivity index (χ3n) is 7.99. The zero-order valence-corrected chi connectivity index (χ0v) is 20.0. The van der Waals surface area contributed by atoms with Crippen molar-refractivity contribution in [2.75, 3.05) is 13.2 Å². The quantitative estimate of drug-likeness (QED) is 0.644. The fraction of sp³-hybridized carbons (Fsp3) is 0.464. The predicted molar refractivity (Wildman–Crippen MR) is 131 cm³/mol. The van der Waals surface area contributed by atoms with Crippen LogP contribution in [0.15, 0.2) is 48.5 Å². The van der Waals surface area contributed by atoms with Gasteiger partial charge in [0.15, 0.2) is 0 Å². The number of carboxylic acid groups (broad SMARTS) is 1. The number of piperidine rings is 1. The molecule has 2 N–H and O–H groups in total. The van der Waals surface area contributed by atoms with E-state index in [1.807, 2.05) is 31.2 Å². The molecule has 0 bridgehead atoms. The molecule has 3 aliphatic rings. The topological polar surface area (TPSA) is 95.9 Å². The lowest BCUT2D eigenvalue weighted by molar-refractivity contribution is -0.149. The molecule has 2 amide bonds. The lowest BCUT2D eigenvalue weighted by Gasteiger charge is -2.40. The summed E-state index contributed by atoms with van der Waals surface area (Å²) >= 11 is 0. The van der Waals surface area contributed by atoms with E-state index in [1.54, 1.807) is 4.90 Å². The van der Waals surface area contributed by atoms with E-state index in [0.29, 0.717) is 19.4 Å². The number of carbonyl (C=O) groups excluding carboxylic acids is 2. The second-order valence-electron chi connectivity index (χ2n) is 10.1. The summed E-state index contributed by atoms with van der Waals surface area (Å²) in [6.45, 7) is 2.74. The van der Waals surface area contributed by atoms with Gasteiger partial charge >= 0.3 is 12.1 Å². The molecule has 2 atom stereocenters. The molecule has 0 radical (unpaired) electrons. The largest absolute Gasteiger partial charge is 0.481 e. The van der Waals surface area contributed by atoms with Crippen LogP contribution < -0.4 is 5.32 Å². The Labute approximate surface area is 205 Å². The lowest BCUT2D eigenvalue weighted by atomic mass is 9.77. The van der Waals surface area contributed by atoms with Gasteiger partial charge in [-0.1, -0.05) is 48.5 Å². The normalized spacial score (nSPS) is 25.2. The first-order chi connectivity index (χ1) is 16.9. The fourth-order valence-corrected chi connectivity index (χ4v) is 6.02. The number of fused-ring (bicyclic) bond motifs is 3. The minimum Gasteiger partial charge on any atom is -0.481 e. The van der Waals surface area contributed by atoms with Crippen molar-refractivity contribution in [1.82, 2.24) is 10.2 Å². The van der Waals surface area contributed by atoms with Gasteiger partial charge in [0.2, 0.25) is 5.91 Å². The van der Waals surface area contributed by atoms with Crippen LogP contribution in [0.2, 0.25) is 0 Å². The van der Waals surface area contributed by atoms with Gasteiger partial charge < -0.3 is 20.1 Å². The number of alkyl carbamates (subject to hydrolysis) is 1. The molecule has 0 spiro atoms. The highest BCUT2D eigenvalue weighted by atomic mass is 16.5. The zero-order valence-electron chi connectivity index (χ0n) is 20.0. The van der Waals surface area contributed by atoms with Gasteiger partial charge in [0, 0.05) is 31.0 Å². The van der Waals surface area contributed by atoms with Gasteiger partial charge in [-0.3, -0.25) is 9.59 Å². The number of amides is 2. The maximum absolute atomic E-state index is 12.8. The van der Waals surface area contributed by atoms with Crippen molar-refractivity contribution in [2.45, 2.75) is 57.0 Å². The van der Waals surface area contributed by atoms with Crippen molar-refractivity contribution in [3.05, 3.63) is 59.7 Å². The molecule has 7 nitrogen and oxygen atoms in total. The maximum Gasteiger partial charge on any atom is 0.407 e. The standard InChI is InChI=1S/C28H32N2O5/c1-17-20(27(32)33)11-6-12-30(17)26(31)15-18-13-19(14-18)29-28(34)35-16-25-23-9-4-2-7-21(23)22-8-3-5-10-24(22)25/h2-5,7-10,17-20,25H,6,11-16H2,1H3,(H,29,34)(H,32,33)/t17-,18?,19?,20-/m1/s1. The summed E-state index contributed by atoms with van der Waals surface area (Å²) < 4.78 is 5.63. The van der Waals surface area contributed by atoms with Gasteiger partial charge in [0.25, 0.3) is 0 Å². The summed E-state index contributed by atoms with van der Waals surface area (Å²) in [5, 5.41) is 12.3. The molecular weight excluding hydrogens is 444 g/mol. The van der Waals surface area contributed by atoms with Crippen LogP contribution in [0.5, 0.6) is 0 Å². The third kappa shape index (κ3) is 4.64. The molecule has 0 aromatic heterocycles. The zero-order chi connectivity index (χ0) is 24.5. The van der Waals surface area contributed by atoms with Gasteiger partial charge in [0.1, 0.15) is 6.61 Å². The van der Waals surface area contributed by atoms with Crippen molar-refractivity contribution in [3.8, 4) is 11.1 Å². The molecule has 184 valence electrons. The van der Waals surface area contributed by atoms with E-state index in [-0.39, 0.29) is 36.4 Å². The first-order valence-electron chi connectivity index (χ1n) is 12.6. The summed E-state index contributed by atoms with van der Waals surface area (Å²) in [5.41, 5.74) is 4.75. The lowest BCUT2D eigenvalue weighted by Crippen LogP contribution is -2.51. The molecule has 1 heterocycles. The summed E-state index contributed by atoms with van der Waals surface area (Å²) in [6, 6.07) is 16.2. The van der Waals surface area contributed by atoms with E-state index in [1.165, 1.54) is 22.3 Å². The van der Waals surface area contributed by atoms with Gasteiger partial charge in [0.05, 0.1) is 5.92 Å². The monoisotopic (exact) mass is 476 g/mol. The molecule has 0 unspecified atom stereocenters. The van der Waals surface area contributed by atoms with Crippen molar-refractivity contribution < 1.29 is 24.2 Å². The van der Waals surface area contributed by atoms with Crippen LogP contribution in [0.1, 0.15) is 56.1 Å². The van der Waals surface area contributed by atoms with Crippen molar-refractivity contribution in [2.24, 2.45) is 11.8 Å². The Hall–Kier alpha value is -3.35. The summed E-state index contributed by atoms with van der Waals surface area (Å²) in [5.74, 6) is -1.06. The average molecular weight is 477 g/mol. The number of aliphatic carboxylic acids is 1. The van der Waals surface area contributed by atoms with Crippen molar-refractivity contribution in [1.29, 1.82) is 0 Å². The number of rotatable bonds is 6. The van der Waals surface area contributed by atoms with Crippen LogP contribution in [0, 0.1) is 11.8 Å². The molecule has 2 aromatic rings. The molecule has 2 aliphatic carbocycles. The maximum atomic E-state index is 12.8. The Kier molecular flexibility index (Phi) is 6.50. The van der Waals surface area contributed by atoms with Crippen LogP contribution in [0.25, 0.3) is 11.1 Å². The highest BCUT2D eigenvalue weighted by Crippen LogP contribution is 2.44. The van der Waals surface area contributed by atoms with E-state index in [0.717, 1.165) is 19.3 Å². The molecular formula is C28H32N2O5. The Morgan fingerprint density at radius 2 is 1.66 bits per heavy atom. The van der Waals surface area contributed by atoms with E-state index < -0.39 is 18.0 Å². The fourth-order valence-electron chi connectivity index (χ4n) is 6.02. The molecule has 1 saturated carbocycles.